The lowest BCUT2D eigenvalue weighted by molar-refractivity contribution is 0.440. The van der Waals surface area contributed by atoms with E-state index in [2.05, 4.69) is 28.2 Å². The van der Waals surface area contributed by atoms with Gasteiger partial charge in [0.25, 0.3) is 0 Å². The molecule has 19 heavy (non-hydrogen) atoms. The Morgan fingerprint density at radius 3 is 2.63 bits per heavy atom. The van der Waals surface area contributed by atoms with Crippen molar-refractivity contribution >= 4 is 15.9 Å². The molecule has 0 aliphatic heterocycles. The highest BCUT2D eigenvalue weighted by atomic mass is 79.9. The molecule has 0 saturated carbocycles. The van der Waals surface area contributed by atoms with Crippen molar-refractivity contribution in [2.45, 2.75) is 13.5 Å². The predicted molar refractivity (Wildman–Crippen MR) is 78.0 cm³/mol. The zero-order chi connectivity index (χ0) is 13.7. The molecule has 2 rings (SSSR count). The third kappa shape index (κ3) is 3.78. The summed E-state index contributed by atoms with van der Waals surface area (Å²) in [5.74, 6) is 0.458. The number of nitrogens with one attached hydrogen (secondary N) is 1. The topological polar surface area (TPSA) is 21.3 Å². The molecule has 2 nitrogen and oxygen atoms in total. The van der Waals surface area contributed by atoms with Crippen LogP contribution in [0.2, 0.25) is 0 Å². The average molecular weight is 324 g/mol. The van der Waals surface area contributed by atoms with Crippen molar-refractivity contribution in [2.24, 2.45) is 0 Å². The Morgan fingerprint density at radius 1 is 1.16 bits per heavy atom. The summed E-state index contributed by atoms with van der Waals surface area (Å²) < 4.78 is 19.9. The maximum atomic E-state index is 13.5. The largest absolute Gasteiger partial charge is 0.453 e. The third-order valence-electron chi connectivity index (χ3n) is 2.63. The van der Waals surface area contributed by atoms with E-state index < -0.39 is 0 Å². The van der Waals surface area contributed by atoms with Crippen LogP contribution in [0.25, 0.3) is 0 Å². The molecule has 0 saturated heterocycles. The molecule has 0 aromatic heterocycles. The zero-order valence-corrected chi connectivity index (χ0v) is 12.2. The quantitative estimate of drug-likeness (QED) is 0.875. The first-order valence-electron chi connectivity index (χ1n) is 6.12. The van der Waals surface area contributed by atoms with E-state index in [1.165, 1.54) is 6.07 Å². The summed E-state index contributed by atoms with van der Waals surface area (Å²) in [6, 6.07) is 12.1. The van der Waals surface area contributed by atoms with Crippen LogP contribution >= 0.6 is 15.9 Å². The van der Waals surface area contributed by atoms with E-state index in [0.717, 1.165) is 23.1 Å². The molecule has 0 amide bonds. The van der Waals surface area contributed by atoms with Gasteiger partial charge < -0.3 is 10.1 Å². The lowest BCUT2D eigenvalue weighted by Gasteiger charge is -2.10. The molecule has 0 bridgehead atoms. The number of hydrogen-bond acceptors (Lipinski definition) is 2. The number of para-hydroxylation sites is 1. The normalized spacial score (nSPS) is 10.5. The van der Waals surface area contributed by atoms with Crippen molar-refractivity contribution in [2.75, 3.05) is 6.54 Å². The molecule has 0 atom stereocenters. The Balaban J connectivity index is 2.15. The Bertz CT molecular complexity index is 560. The van der Waals surface area contributed by atoms with Crippen molar-refractivity contribution in [1.82, 2.24) is 5.32 Å². The maximum Gasteiger partial charge on any atom is 0.165 e. The predicted octanol–water partition coefficient (Wildman–Crippen LogP) is 4.49. The van der Waals surface area contributed by atoms with E-state index in [-0.39, 0.29) is 11.6 Å². The van der Waals surface area contributed by atoms with Crippen LogP contribution in [-0.2, 0) is 6.54 Å². The van der Waals surface area contributed by atoms with Crippen molar-refractivity contribution in [3.63, 3.8) is 0 Å². The molecule has 0 aliphatic rings. The fourth-order valence-electron chi connectivity index (χ4n) is 1.65. The number of benzene rings is 2. The van der Waals surface area contributed by atoms with Crippen LogP contribution < -0.4 is 10.1 Å². The van der Waals surface area contributed by atoms with Gasteiger partial charge in [-0.15, -0.1) is 0 Å². The van der Waals surface area contributed by atoms with Gasteiger partial charge in [0.05, 0.1) is 4.47 Å². The fourth-order valence-corrected chi connectivity index (χ4v) is 2.16. The molecule has 4 heteroatoms. The lowest BCUT2D eigenvalue weighted by atomic mass is 10.2. The highest BCUT2D eigenvalue weighted by Gasteiger charge is 2.07. The molecular formula is C15H15BrFNO. The van der Waals surface area contributed by atoms with Crippen LogP contribution in [0.1, 0.15) is 12.5 Å². The first kappa shape index (κ1) is 14.0. The second-order valence-electron chi connectivity index (χ2n) is 4.08. The van der Waals surface area contributed by atoms with Crippen LogP contribution in [0.3, 0.4) is 0 Å². The second kappa shape index (κ2) is 6.68. The van der Waals surface area contributed by atoms with Gasteiger partial charge in [0.15, 0.2) is 11.6 Å². The smallest absolute Gasteiger partial charge is 0.165 e. The van der Waals surface area contributed by atoms with Gasteiger partial charge in [-0.2, -0.15) is 0 Å². The minimum absolute atomic E-state index is 0.225. The minimum Gasteiger partial charge on any atom is -0.453 e. The number of rotatable bonds is 5. The van der Waals surface area contributed by atoms with Crippen LogP contribution in [-0.4, -0.2) is 6.54 Å². The van der Waals surface area contributed by atoms with E-state index in [1.54, 1.807) is 18.2 Å². The molecule has 2 aromatic carbocycles. The van der Waals surface area contributed by atoms with E-state index >= 15 is 0 Å². The van der Waals surface area contributed by atoms with Gasteiger partial charge >= 0.3 is 0 Å². The Labute approximate surface area is 120 Å². The van der Waals surface area contributed by atoms with Gasteiger partial charge in [0.2, 0.25) is 0 Å². The number of hydrogen-bond donors (Lipinski definition) is 1. The first-order chi connectivity index (χ1) is 9.20. The van der Waals surface area contributed by atoms with Crippen molar-refractivity contribution < 1.29 is 9.13 Å². The van der Waals surface area contributed by atoms with Crippen LogP contribution in [0, 0.1) is 5.82 Å². The molecule has 100 valence electrons. The molecule has 0 aliphatic carbocycles. The Morgan fingerprint density at radius 2 is 1.95 bits per heavy atom. The van der Waals surface area contributed by atoms with E-state index in [9.17, 15) is 4.39 Å². The summed E-state index contributed by atoms with van der Waals surface area (Å²) in [4.78, 5) is 0. The molecular weight excluding hydrogens is 309 g/mol. The average Bonchev–Trinajstić information content (AvgIpc) is 2.41. The molecule has 0 radical (unpaired) electrons. The molecule has 0 heterocycles. The van der Waals surface area contributed by atoms with Gasteiger partial charge in [0.1, 0.15) is 5.75 Å². The highest BCUT2D eigenvalue weighted by molar-refractivity contribution is 9.10. The van der Waals surface area contributed by atoms with Crippen LogP contribution in [0.4, 0.5) is 4.39 Å². The summed E-state index contributed by atoms with van der Waals surface area (Å²) in [5.41, 5.74) is 1.15. The molecule has 2 aromatic rings. The molecule has 0 fully saturated rings. The monoisotopic (exact) mass is 323 g/mol. The lowest BCUT2D eigenvalue weighted by Crippen LogP contribution is -2.11. The van der Waals surface area contributed by atoms with Gasteiger partial charge in [-0.3, -0.25) is 0 Å². The van der Waals surface area contributed by atoms with E-state index in [1.807, 2.05) is 18.2 Å². The summed E-state index contributed by atoms with van der Waals surface area (Å²) in [6.45, 7) is 3.78. The van der Waals surface area contributed by atoms with Crippen molar-refractivity contribution in [1.29, 1.82) is 0 Å². The summed E-state index contributed by atoms with van der Waals surface area (Å²) in [6.07, 6.45) is 0. The molecule has 0 unspecified atom stereocenters. The van der Waals surface area contributed by atoms with Gasteiger partial charge in [-0.05, 0) is 52.3 Å². The zero-order valence-electron chi connectivity index (χ0n) is 10.6. The summed E-state index contributed by atoms with van der Waals surface area (Å²) >= 11 is 3.45. The number of halogens is 2. The summed E-state index contributed by atoms with van der Waals surface area (Å²) in [5, 5.41) is 3.25. The molecule has 1 N–H and O–H groups in total. The maximum absolute atomic E-state index is 13.5. The van der Waals surface area contributed by atoms with Gasteiger partial charge in [-0.25, -0.2) is 4.39 Å². The molecule has 0 spiro atoms. The standard InChI is InChI=1S/C15H15BrFNO/c1-2-18-10-11-7-8-14(12(16)9-11)19-15-6-4-3-5-13(15)17/h3-9,18H,2,10H2,1H3. The third-order valence-corrected chi connectivity index (χ3v) is 3.25. The number of ether oxygens (including phenoxy) is 1. The Hall–Kier alpha value is -1.39. The highest BCUT2D eigenvalue weighted by Crippen LogP contribution is 2.31. The van der Waals surface area contributed by atoms with E-state index in [4.69, 9.17) is 4.74 Å². The van der Waals surface area contributed by atoms with E-state index in [0.29, 0.717) is 5.75 Å². The summed E-state index contributed by atoms with van der Waals surface area (Å²) in [7, 11) is 0. The van der Waals surface area contributed by atoms with Gasteiger partial charge in [-0.1, -0.05) is 25.1 Å². The Kier molecular flexibility index (Phi) is 4.93. The minimum atomic E-state index is -0.369. The van der Waals surface area contributed by atoms with Crippen molar-refractivity contribution in [3.8, 4) is 11.5 Å². The van der Waals surface area contributed by atoms with Crippen molar-refractivity contribution in [3.05, 3.63) is 58.3 Å². The second-order valence-corrected chi connectivity index (χ2v) is 4.93. The van der Waals surface area contributed by atoms with Crippen LogP contribution in [0.5, 0.6) is 11.5 Å². The SMILES string of the molecule is CCNCc1ccc(Oc2ccccc2F)c(Br)c1. The van der Waals surface area contributed by atoms with Crippen LogP contribution in [0.15, 0.2) is 46.9 Å². The van der Waals surface area contributed by atoms with Gasteiger partial charge in [0, 0.05) is 6.54 Å². The fraction of sp³-hybridized carbons (Fsp3) is 0.200. The first-order valence-corrected chi connectivity index (χ1v) is 6.91.